The second-order valence-corrected chi connectivity index (χ2v) is 8.57. The first-order valence-corrected chi connectivity index (χ1v) is 12.1. The van der Waals surface area contributed by atoms with Crippen LogP contribution in [-0.4, -0.2) is 0 Å². The van der Waals surface area contributed by atoms with Crippen molar-refractivity contribution in [1.29, 1.82) is 0 Å². The Balaban J connectivity index is 1.44. The zero-order valence-electron chi connectivity index (χ0n) is 19.9. The molecule has 4 rings (SSSR count). The summed E-state index contributed by atoms with van der Waals surface area (Å²) in [6.07, 6.45) is 5.83. The van der Waals surface area contributed by atoms with Crippen molar-refractivity contribution >= 4 is 10.8 Å². The van der Waals surface area contributed by atoms with Gasteiger partial charge in [-0.1, -0.05) is 86.8 Å². The van der Waals surface area contributed by atoms with Crippen molar-refractivity contribution in [3.63, 3.8) is 0 Å². The van der Waals surface area contributed by atoms with Crippen LogP contribution in [0, 0.1) is 29.5 Å². The molecule has 168 valence electrons. The summed E-state index contributed by atoms with van der Waals surface area (Å²) < 4.78 is 14.9. The lowest BCUT2D eigenvalue weighted by Crippen LogP contribution is -1.88. The molecule has 0 bridgehead atoms. The molecule has 0 N–H and O–H groups in total. The molecule has 0 aliphatic heterocycles. The molecule has 4 aromatic carbocycles. The number of unbranched alkanes of at least 4 members (excludes halogenated alkanes) is 2. The maximum Gasteiger partial charge on any atom is 0.146 e. The highest BCUT2D eigenvalue weighted by molar-refractivity contribution is 5.85. The number of hydrogen-bond acceptors (Lipinski definition) is 0. The van der Waals surface area contributed by atoms with Gasteiger partial charge in [0.05, 0.1) is 5.56 Å². The molecule has 0 nitrogen and oxygen atoms in total. The number of hydrogen-bond donors (Lipinski definition) is 0. The van der Waals surface area contributed by atoms with E-state index in [1.165, 1.54) is 30.4 Å². The predicted octanol–water partition coefficient (Wildman–Crippen LogP) is 8.07. The van der Waals surface area contributed by atoms with Gasteiger partial charge in [-0.15, -0.1) is 0 Å². The fourth-order valence-electron chi connectivity index (χ4n) is 3.91. The molecule has 0 aliphatic rings. The molecule has 0 fully saturated rings. The molecule has 34 heavy (non-hydrogen) atoms. The van der Waals surface area contributed by atoms with E-state index in [0.717, 1.165) is 34.9 Å². The van der Waals surface area contributed by atoms with Gasteiger partial charge in [-0.2, -0.15) is 0 Å². The Kier molecular flexibility index (Phi) is 7.80. The smallest absolute Gasteiger partial charge is 0.146 e. The predicted molar refractivity (Wildman–Crippen MR) is 141 cm³/mol. The lowest BCUT2D eigenvalue weighted by Gasteiger charge is -2.04. The summed E-state index contributed by atoms with van der Waals surface area (Å²) in [5.41, 5.74) is 5.77. The van der Waals surface area contributed by atoms with Crippen LogP contribution >= 0.6 is 0 Å². The quantitative estimate of drug-likeness (QED) is 0.216. The Labute approximate surface area is 202 Å². The van der Waals surface area contributed by atoms with Gasteiger partial charge in [0.1, 0.15) is 5.82 Å². The van der Waals surface area contributed by atoms with Crippen molar-refractivity contribution in [3.8, 4) is 23.7 Å². The van der Waals surface area contributed by atoms with E-state index in [0.29, 0.717) is 10.9 Å². The number of aryl methyl sites for hydroxylation is 2. The molecule has 1 heteroatoms. The van der Waals surface area contributed by atoms with Crippen molar-refractivity contribution in [1.82, 2.24) is 0 Å². The molecular formula is C33H29F. The molecule has 0 atom stereocenters. The Morgan fingerprint density at radius 3 is 1.82 bits per heavy atom. The highest BCUT2D eigenvalue weighted by Crippen LogP contribution is 2.22. The van der Waals surface area contributed by atoms with Crippen molar-refractivity contribution in [2.24, 2.45) is 0 Å². The van der Waals surface area contributed by atoms with E-state index in [4.69, 9.17) is 0 Å². The summed E-state index contributed by atoms with van der Waals surface area (Å²) in [5.74, 6) is 12.3. The zero-order valence-corrected chi connectivity index (χ0v) is 19.9. The van der Waals surface area contributed by atoms with Crippen LogP contribution in [0.1, 0.15) is 66.5 Å². The van der Waals surface area contributed by atoms with Gasteiger partial charge in [0, 0.05) is 22.1 Å². The minimum Gasteiger partial charge on any atom is -0.205 e. The first kappa shape index (κ1) is 23.4. The van der Waals surface area contributed by atoms with Crippen molar-refractivity contribution in [2.45, 2.75) is 46.0 Å². The normalized spacial score (nSPS) is 10.3. The van der Waals surface area contributed by atoms with E-state index in [1.807, 2.05) is 48.5 Å². The largest absolute Gasteiger partial charge is 0.205 e. The second-order valence-electron chi connectivity index (χ2n) is 8.57. The van der Waals surface area contributed by atoms with Gasteiger partial charge in [-0.25, -0.2) is 4.39 Å². The molecular weight excluding hydrogens is 415 g/mol. The maximum atomic E-state index is 14.9. The fraction of sp³-hybridized carbons (Fsp3) is 0.212. The molecule has 0 saturated heterocycles. The van der Waals surface area contributed by atoms with Gasteiger partial charge in [-0.05, 0) is 78.2 Å². The lowest BCUT2D eigenvalue weighted by atomic mass is 10.0. The van der Waals surface area contributed by atoms with Crippen molar-refractivity contribution < 1.29 is 4.39 Å². The molecule has 0 spiro atoms. The molecule has 0 unspecified atom stereocenters. The first-order valence-electron chi connectivity index (χ1n) is 12.1. The summed E-state index contributed by atoms with van der Waals surface area (Å²) in [4.78, 5) is 0. The molecule has 0 aromatic heterocycles. The summed E-state index contributed by atoms with van der Waals surface area (Å²) in [6, 6.07) is 25.9. The highest BCUT2D eigenvalue weighted by atomic mass is 19.1. The van der Waals surface area contributed by atoms with E-state index in [2.05, 4.69) is 61.8 Å². The van der Waals surface area contributed by atoms with E-state index >= 15 is 0 Å². The molecule has 0 saturated carbocycles. The summed E-state index contributed by atoms with van der Waals surface area (Å²) >= 11 is 0. The van der Waals surface area contributed by atoms with E-state index in [-0.39, 0.29) is 5.82 Å². The minimum atomic E-state index is -0.258. The van der Waals surface area contributed by atoms with Crippen molar-refractivity contribution in [3.05, 3.63) is 118 Å². The Morgan fingerprint density at radius 2 is 1.21 bits per heavy atom. The average Bonchev–Trinajstić information content (AvgIpc) is 2.88. The van der Waals surface area contributed by atoms with Crippen LogP contribution in [0.15, 0.2) is 78.9 Å². The van der Waals surface area contributed by atoms with Gasteiger partial charge < -0.3 is 0 Å². The number of fused-ring (bicyclic) bond motifs is 1. The van der Waals surface area contributed by atoms with Crippen LogP contribution < -0.4 is 0 Å². The van der Waals surface area contributed by atoms with Gasteiger partial charge >= 0.3 is 0 Å². The minimum absolute atomic E-state index is 0.258. The molecule has 4 aromatic rings. The second kappa shape index (κ2) is 11.4. The van der Waals surface area contributed by atoms with Crippen LogP contribution in [0.5, 0.6) is 0 Å². The van der Waals surface area contributed by atoms with Crippen molar-refractivity contribution in [2.75, 3.05) is 0 Å². The number of halogens is 1. The maximum absolute atomic E-state index is 14.9. The first-order chi connectivity index (χ1) is 16.7. The standard InChI is InChI=1S/C33H29F/c1-3-5-6-7-26-8-10-27(11-9-26)12-13-28-14-16-29(17-15-28)18-20-30-21-22-31-24-25(4-2)19-23-32(31)33(30)34/h8-11,14-17,19,21-24H,3-7H2,1-2H3. The number of benzene rings is 4. The SMILES string of the molecule is CCCCCc1ccc(C#Cc2ccc(C#Cc3ccc4cc(CC)ccc4c3F)cc2)cc1. The monoisotopic (exact) mass is 444 g/mol. The van der Waals surface area contributed by atoms with Gasteiger partial charge in [-0.3, -0.25) is 0 Å². The molecule has 0 amide bonds. The average molecular weight is 445 g/mol. The van der Waals surface area contributed by atoms with Crippen LogP contribution in [0.4, 0.5) is 4.39 Å². The summed E-state index contributed by atoms with van der Waals surface area (Å²) in [6.45, 7) is 4.32. The van der Waals surface area contributed by atoms with E-state index in [1.54, 1.807) is 6.07 Å². The third kappa shape index (κ3) is 5.95. The summed E-state index contributed by atoms with van der Waals surface area (Å²) in [5, 5.41) is 1.53. The van der Waals surface area contributed by atoms with Crippen LogP contribution in [0.3, 0.4) is 0 Å². The third-order valence-corrected chi connectivity index (χ3v) is 6.03. The molecule has 0 radical (unpaired) electrons. The van der Waals surface area contributed by atoms with Gasteiger partial charge in [0.25, 0.3) is 0 Å². The summed E-state index contributed by atoms with van der Waals surface area (Å²) in [7, 11) is 0. The Hall–Kier alpha value is -3.81. The molecule has 0 heterocycles. The highest BCUT2D eigenvalue weighted by Gasteiger charge is 2.06. The fourth-order valence-corrected chi connectivity index (χ4v) is 3.91. The van der Waals surface area contributed by atoms with Gasteiger partial charge in [0.2, 0.25) is 0 Å². The lowest BCUT2D eigenvalue weighted by molar-refractivity contribution is 0.636. The third-order valence-electron chi connectivity index (χ3n) is 6.03. The van der Waals surface area contributed by atoms with Gasteiger partial charge in [0.15, 0.2) is 0 Å². The van der Waals surface area contributed by atoms with E-state index < -0.39 is 0 Å². The Morgan fingerprint density at radius 1 is 0.618 bits per heavy atom. The number of rotatable bonds is 5. The Bertz CT molecular complexity index is 1390. The van der Waals surface area contributed by atoms with Crippen LogP contribution in [0.25, 0.3) is 10.8 Å². The van der Waals surface area contributed by atoms with E-state index in [9.17, 15) is 4.39 Å². The molecule has 0 aliphatic carbocycles. The van der Waals surface area contributed by atoms with Crippen LogP contribution in [0.2, 0.25) is 0 Å². The topological polar surface area (TPSA) is 0 Å². The zero-order chi connectivity index (χ0) is 23.8. The van der Waals surface area contributed by atoms with Crippen LogP contribution in [-0.2, 0) is 12.8 Å².